The van der Waals surface area contributed by atoms with Crippen LogP contribution in [-0.4, -0.2) is 19.7 Å². The molecule has 2 amide bonds. The molecule has 2 aromatic carbocycles. The highest BCUT2D eigenvalue weighted by atomic mass is 16.7. The molecule has 0 aliphatic rings. The average Bonchev–Trinajstić information content (AvgIpc) is 2.60. The highest BCUT2D eigenvalue weighted by Gasteiger charge is 2.27. The van der Waals surface area contributed by atoms with Gasteiger partial charge < -0.3 is 10.1 Å². The van der Waals surface area contributed by atoms with Crippen molar-refractivity contribution in [2.45, 2.75) is 26.3 Å². The van der Waals surface area contributed by atoms with E-state index in [2.05, 4.69) is 5.32 Å². The molecule has 0 heterocycles. The summed E-state index contributed by atoms with van der Waals surface area (Å²) in [6.07, 6.45) is 0. The van der Waals surface area contributed by atoms with Crippen LogP contribution in [0.3, 0.4) is 0 Å². The summed E-state index contributed by atoms with van der Waals surface area (Å²) in [5, 5.41) is 4.29. The maximum absolute atomic E-state index is 12.7. The van der Waals surface area contributed by atoms with Gasteiger partial charge in [-0.15, -0.1) is 0 Å². The van der Waals surface area contributed by atoms with Crippen LogP contribution in [0.1, 0.15) is 26.3 Å². The van der Waals surface area contributed by atoms with Crippen molar-refractivity contribution >= 4 is 11.7 Å². The maximum Gasteiger partial charge on any atom is 0.346 e. The summed E-state index contributed by atoms with van der Waals surface area (Å²) in [5.74, 6) is 0.750. The van der Waals surface area contributed by atoms with E-state index in [0.717, 1.165) is 11.3 Å². The molecule has 128 valence electrons. The lowest BCUT2D eigenvalue weighted by Crippen LogP contribution is -2.48. The largest absolute Gasteiger partial charge is 0.497 e. The Hall–Kier alpha value is -2.53. The molecule has 0 saturated heterocycles. The zero-order chi connectivity index (χ0) is 17.6. The van der Waals surface area contributed by atoms with E-state index in [1.54, 1.807) is 7.11 Å². The fraction of sp³-hybridized carbons (Fsp3) is 0.316. The lowest BCUT2D eigenvalue weighted by atomic mass is 9.94. The van der Waals surface area contributed by atoms with E-state index in [1.807, 2.05) is 75.4 Å². The number of nitrogens with zero attached hydrogens (tertiary/aromatic N) is 1. The van der Waals surface area contributed by atoms with Crippen molar-refractivity contribution in [2.24, 2.45) is 0 Å². The minimum Gasteiger partial charge on any atom is -0.497 e. The second kappa shape index (κ2) is 7.84. The summed E-state index contributed by atoms with van der Waals surface area (Å²) >= 11 is 0. The summed E-state index contributed by atoms with van der Waals surface area (Å²) < 4.78 is 5.26. The fourth-order valence-electron chi connectivity index (χ4n) is 2.35. The zero-order valence-electron chi connectivity index (χ0n) is 14.6. The molecule has 2 aromatic rings. The molecule has 0 fully saturated rings. The molecule has 0 saturated carbocycles. The van der Waals surface area contributed by atoms with Gasteiger partial charge >= 0.3 is 6.03 Å². The van der Waals surface area contributed by atoms with Gasteiger partial charge in [0.2, 0.25) is 0 Å². The second-order valence-electron chi connectivity index (χ2n) is 5.83. The van der Waals surface area contributed by atoms with Gasteiger partial charge in [-0.3, -0.25) is 4.84 Å². The molecule has 0 aliphatic heterocycles. The van der Waals surface area contributed by atoms with Crippen LogP contribution in [0.5, 0.6) is 5.75 Å². The predicted octanol–water partition coefficient (Wildman–Crippen LogP) is 4.10. The Kier molecular flexibility index (Phi) is 5.82. The van der Waals surface area contributed by atoms with Gasteiger partial charge in [0.15, 0.2) is 0 Å². The predicted molar refractivity (Wildman–Crippen MR) is 95.1 cm³/mol. The van der Waals surface area contributed by atoms with Crippen LogP contribution in [-0.2, 0) is 10.4 Å². The lowest BCUT2D eigenvalue weighted by Gasteiger charge is -2.31. The van der Waals surface area contributed by atoms with Crippen LogP contribution in [0.15, 0.2) is 54.6 Å². The molecule has 0 radical (unpaired) electrons. The zero-order valence-corrected chi connectivity index (χ0v) is 14.6. The van der Waals surface area contributed by atoms with Gasteiger partial charge in [-0.1, -0.05) is 30.3 Å². The van der Waals surface area contributed by atoms with Gasteiger partial charge in [0.05, 0.1) is 24.9 Å². The summed E-state index contributed by atoms with van der Waals surface area (Å²) in [6, 6.07) is 16.6. The van der Waals surface area contributed by atoms with Crippen LogP contribution in [0.4, 0.5) is 10.5 Å². The van der Waals surface area contributed by atoms with Crippen molar-refractivity contribution in [1.29, 1.82) is 0 Å². The number of urea groups is 1. The molecule has 5 nitrogen and oxygen atoms in total. The Morgan fingerprint density at radius 1 is 1.12 bits per heavy atom. The molecular formula is C19H24N2O3. The van der Waals surface area contributed by atoms with Crippen molar-refractivity contribution in [1.82, 2.24) is 5.32 Å². The minimum atomic E-state index is -0.588. The molecule has 0 atom stereocenters. The molecule has 2 rings (SSSR count). The summed E-state index contributed by atoms with van der Waals surface area (Å²) in [4.78, 5) is 18.2. The Balaban J connectivity index is 2.21. The number of para-hydroxylation sites is 1. The van der Waals surface area contributed by atoms with Gasteiger partial charge in [0.1, 0.15) is 5.75 Å². The summed E-state index contributed by atoms with van der Waals surface area (Å²) in [6.45, 7) is 6.11. The quantitative estimate of drug-likeness (QED) is 0.812. The number of hydroxylamine groups is 1. The maximum atomic E-state index is 12.7. The number of hydrogen-bond acceptors (Lipinski definition) is 3. The number of anilines is 1. The molecule has 0 unspecified atom stereocenters. The number of rotatable bonds is 6. The van der Waals surface area contributed by atoms with E-state index in [9.17, 15) is 4.79 Å². The molecule has 1 N–H and O–H groups in total. The molecule has 0 aromatic heterocycles. The summed E-state index contributed by atoms with van der Waals surface area (Å²) in [7, 11) is 1.62. The Bertz CT molecular complexity index is 671. The molecule has 5 heteroatoms. The first-order valence-electron chi connectivity index (χ1n) is 7.92. The van der Waals surface area contributed by atoms with E-state index < -0.39 is 5.54 Å². The normalized spacial score (nSPS) is 11.0. The van der Waals surface area contributed by atoms with Crippen molar-refractivity contribution in [3.63, 3.8) is 0 Å². The van der Waals surface area contributed by atoms with Gasteiger partial charge in [-0.2, -0.15) is 5.06 Å². The van der Waals surface area contributed by atoms with Crippen molar-refractivity contribution in [3.05, 3.63) is 60.2 Å². The van der Waals surface area contributed by atoms with Crippen LogP contribution >= 0.6 is 0 Å². The molecule has 0 aliphatic carbocycles. The third-order valence-electron chi connectivity index (χ3n) is 3.64. The van der Waals surface area contributed by atoms with Gasteiger partial charge in [0.25, 0.3) is 0 Å². The second-order valence-corrected chi connectivity index (χ2v) is 5.83. The van der Waals surface area contributed by atoms with Crippen LogP contribution in [0, 0.1) is 0 Å². The summed E-state index contributed by atoms with van der Waals surface area (Å²) in [5.41, 5.74) is 1.04. The Morgan fingerprint density at radius 2 is 1.83 bits per heavy atom. The Labute approximate surface area is 143 Å². The number of ether oxygens (including phenoxy) is 1. The molecular weight excluding hydrogens is 304 g/mol. The highest BCUT2D eigenvalue weighted by molar-refractivity contribution is 5.90. The van der Waals surface area contributed by atoms with Crippen molar-refractivity contribution in [2.75, 3.05) is 18.8 Å². The van der Waals surface area contributed by atoms with Crippen LogP contribution < -0.4 is 15.1 Å². The monoisotopic (exact) mass is 328 g/mol. The molecule has 24 heavy (non-hydrogen) atoms. The molecule has 0 bridgehead atoms. The SMILES string of the molecule is CCON(C(=O)NC(C)(C)c1cccc(OC)c1)c1ccccc1. The number of amides is 2. The van der Waals surface area contributed by atoms with Gasteiger partial charge in [-0.25, -0.2) is 4.79 Å². The van der Waals surface area contributed by atoms with E-state index in [-0.39, 0.29) is 6.03 Å². The van der Waals surface area contributed by atoms with Crippen LogP contribution in [0.25, 0.3) is 0 Å². The van der Waals surface area contributed by atoms with E-state index in [1.165, 1.54) is 5.06 Å². The van der Waals surface area contributed by atoms with Gasteiger partial charge in [0, 0.05) is 0 Å². The number of nitrogens with one attached hydrogen (secondary N) is 1. The van der Waals surface area contributed by atoms with E-state index >= 15 is 0 Å². The number of methoxy groups -OCH3 is 1. The topological polar surface area (TPSA) is 50.8 Å². The first-order valence-corrected chi connectivity index (χ1v) is 7.92. The first-order chi connectivity index (χ1) is 11.5. The fourth-order valence-corrected chi connectivity index (χ4v) is 2.35. The highest BCUT2D eigenvalue weighted by Crippen LogP contribution is 2.25. The standard InChI is InChI=1S/C19H24N2O3/c1-5-24-21(16-11-7-6-8-12-16)18(22)20-19(2,3)15-10-9-13-17(14-15)23-4/h6-14H,5H2,1-4H3,(H,20,22). The average molecular weight is 328 g/mol. The van der Waals surface area contributed by atoms with E-state index in [4.69, 9.17) is 9.57 Å². The van der Waals surface area contributed by atoms with Crippen molar-refractivity contribution < 1.29 is 14.4 Å². The van der Waals surface area contributed by atoms with Crippen molar-refractivity contribution in [3.8, 4) is 5.75 Å². The first kappa shape index (κ1) is 17.8. The smallest absolute Gasteiger partial charge is 0.346 e. The number of carbonyl (C=O) groups excluding carboxylic acids is 1. The van der Waals surface area contributed by atoms with Gasteiger partial charge in [-0.05, 0) is 50.6 Å². The number of benzene rings is 2. The van der Waals surface area contributed by atoms with E-state index in [0.29, 0.717) is 12.3 Å². The minimum absolute atomic E-state index is 0.323. The third kappa shape index (κ3) is 4.26. The number of hydrogen-bond donors (Lipinski definition) is 1. The molecule has 0 spiro atoms. The lowest BCUT2D eigenvalue weighted by molar-refractivity contribution is 0.123. The Morgan fingerprint density at radius 3 is 2.46 bits per heavy atom. The third-order valence-corrected chi connectivity index (χ3v) is 3.64. The number of carbonyl (C=O) groups is 1. The van der Waals surface area contributed by atoms with Crippen LogP contribution in [0.2, 0.25) is 0 Å².